The van der Waals surface area contributed by atoms with E-state index in [0.717, 1.165) is 17.0 Å². The molecule has 1 aromatic heterocycles. The van der Waals surface area contributed by atoms with E-state index in [9.17, 15) is 9.59 Å². The van der Waals surface area contributed by atoms with Crippen molar-refractivity contribution in [3.8, 4) is 0 Å². The molecule has 7 nitrogen and oxygen atoms in total. The Morgan fingerprint density at radius 3 is 2.46 bits per heavy atom. The summed E-state index contributed by atoms with van der Waals surface area (Å²) in [6.07, 6.45) is 2.05. The van der Waals surface area contributed by atoms with Crippen LogP contribution in [-0.2, 0) is 26.1 Å². The summed E-state index contributed by atoms with van der Waals surface area (Å²) in [5.41, 5.74) is 3.29. The SMILES string of the molecule is Cc1nn(C)c(C)c1/C=C/C(=O)O[C@@H](C(=O)N1CCOCC1)c1ccccc1. The quantitative estimate of drug-likeness (QED) is 0.585. The van der Waals surface area contributed by atoms with Gasteiger partial charge in [-0.25, -0.2) is 4.79 Å². The molecule has 0 aliphatic carbocycles. The smallest absolute Gasteiger partial charge is 0.331 e. The molecule has 0 bridgehead atoms. The first-order chi connectivity index (χ1) is 13.5. The van der Waals surface area contributed by atoms with Gasteiger partial charge in [0, 0.05) is 43.0 Å². The predicted octanol–water partition coefficient (Wildman–Crippen LogP) is 2.19. The number of rotatable bonds is 5. The second kappa shape index (κ2) is 8.84. The number of hydrogen-bond acceptors (Lipinski definition) is 5. The maximum atomic E-state index is 13.0. The van der Waals surface area contributed by atoms with Crippen molar-refractivity contribution in [1.29, 1.82) is 0 Å². The van der Waals surface area contributed by atoms with E-state index in [4.69, 9.17) is 9.47 Å². The summed E-state index contributed by atoms with van der Waals surface area (Å²) in [6, 6.07) is 9.07. The van der Waals surface area contributed by atoms with Crippen molar-refractivity contribution < 1.29 is 19.1 Å². The molecule has 1 aliphatic rings. The third-order valence-electron chi connectivity index (χ3n) is 4.83. The van der Waals surface area contributed by atoms with Gasteiger partial charge in [-0.15, -0.1) is 0 Å². The molecule has 3 rings (SSSR count). The van der Waals surface area contributed by atoms with E-state index in [1.165, 1.54) is 6.08 Å². The second-order valence-corrected chi connectivity index (χ2v) is 6.71. The third kappa shape index (κ3) is 4.48. The summed E-state index contributed by atoms with van der Waals surface area (Å²) >= 11 is 0. The average Bonchev–Trinajstić information content (AvgIpc) is 2.96. The van der Waals surface area contributed by atoms with E-state index >= 15 is 0 Å². The number of morpholine rings is 1. The van der Waals surface area contributed by atoms with Crippen LogP contribution in [0.15, 0.2) is 36.4 Å². The lowest BCUT2D eigenvalue weighted by atomic mass is 10.1. The molecule has 0 N–H and O–H groups in total. The van der Waals surface area contributed by atoms with Crippen molar-refractivity contribution in [2.75, 3.05) is 26.3 Å². The number of ether oxygens (including phenoxy) is 2. The molecule has 1 amide bonds. The van der Waals surface area contributed by atoms with Crippen LogP contribution in [0.5, 0.6) is 0 Å². The zero-order valence-electron chi connectivity index (χ0n) is 16.4. The maximum absolute atomic E-state index is 13.0. The average molecular weight is 383 g/mol. The Kier molecular flexibility index (Phi) is 6.26. The van der Waals surface area contributed by atoms with E-state index < -0.39 is 12.1 Å². The first-order valence-electron chi connectivity index (χ1n) is 9.27. The molecule has 1 fully saturated rings. The zero-order valence-corrected chi connectivity index (χ0v) is 16.4. The Morgan fingerprint density at radius 1 is 1.18 bits per heavy atom. The van der Waals surface area contributed by atoms with Crippen LogP contribution in [0.2, 0.25) is 0 Å². The Labute approximate surface area is 164 Å². The molecule has 0 radical (unpaired) electrons. The van der Waals surface area contributed by atoms with Gasteiger partial charge in [0.2, 0.25) is 6.10 Å². The van der Waals surface area contributed by atoms with E-state index in [0.29, 0.717) is 31.9 Å². The number of carbonyl (C=O) groups is 2. The highest BCUT2D eigenvalue weighted by Gasteiger charge is 2.30. The van der Waals surface area contributed by atoms with Crippen LogP contribution >= 0.6 is 0 Å². The van der Waals surface area contributed by atoms with Crippen LogP contribution in [0, 0.1) is 13.8 Å². The van der Waals surface area contributed by atoms with Crippen LogP contribution < -0.4 is 0 Å². The van der Waals surface area contributed by atoms with E-state index in [1.807, 2.05) is 39.1 Å². The molecule has 2 aromatic rings. The molecule has 148 valence electrons. The van der Waals surface area contributed by atoms with Crippen LogP contribution in [0.1, 0.15) is 28.6 Å². The summed E-state index contributed by atoms with van der Waals surface area (Å²) in [4.78, 5) is 27.1. The molecular weight excluding hydrogens is 358 g/mol. The van der Waals surface area contributed by atoms with Crippen LogP contribution in [0.3, 0.4) is 0 Å². The first kappa shape index (κ1) is 19.8. The number of nitrogens with zero attached hydrogens (tertiary/aromatic N) is 3. The lowest BCUT2D eigenvalue weighted by Gasteiger charge is -2.30. The summed E-state index contributed by atoms with van der Waals surface area (Å²) in [7, 11) is 1.85. The monoisotopic (exact) mass is 383 g/mol. The first-order valence-corrected chi connectivity index (χ1v) is 9.27. The van der Waals surface area contributed by atoms with Crippen molar-refractivity contribution in [1.82, 2.24) is 14.7 Å². The minimum atomic E-state index is -0.979. The summed E-state index contributed by atoms with van der Waals surface area (Å²) < 4.78 is 12.6. The van der Waals surface area contributed by atoms with Gasteiger partial charge in [-0.1, -0.05) is 30.3 Å². The largest absolute Gasteiger partial charge is 0.444 e. The lowest BCUT2D eigenvalue weighted by molar-refractivity contribution is -0.159. The van der Waals surface area contributed by atoms with Gasteiger partial charge in [0.05, 0.1) is 18.9 Å². The minimum absolute atomic E-state index is 0.231. The van der Waals surface area contributed by atoms with Crippen LogP contribution in [0.4, 0.5) is 0 Å². The van der Waals surface area contributed by atoms with Crippen molar-refractivity contribution in [2.45, 2.75) is 20.0 Å². The third-order valence-corrected chi connectivity index (χ3v) is 4.83. The van der Waals surface area contributed by atoms with Gasteiger partial charge in [0.15, 0.2) is 0 Å². The predicted molar refractivity (Wildman–Crippen MR) is 104 cm³/mol. The second-order valence-electron chi connectivity index (χ2n) is 6.71. The summed E-state index contributed by atoms with van der Waals surface area (Å²) in [5.74, 6) is -0.803. The van der Waals surface area contributed by atoms with Gasteiger partial charge >= 0.3 is 5.97 Å². The number of hydrogen-bond donors (Lipinski definition) is 0. The molecule has 0 spiro atoms. The number of aromatic nitrogens is 2. The Balaban J connectivity index is 1.78. The van der Waals surface area contributed by atoms with E-state index in [1.54, 1.807) is 27.8 Å². The molecule has 1 saturated heterocycles. The normalized spacial score (nSPS) is 15.6. The minimum Gasteiger partial charge on any atom is -0.444 e. The number of benzene rings is 1. The lowest BCUT2D eigenvalue weighted by Crippen LogP contribution is -2.44. The summed E-state index contributed by atoms with van der Waals surface area (Å²) in [6.45, 7) is 5.76. The Hall–Kier alpha value is -2.93. The molecule has 0 unspecified atom stereocenters. The Bertz CT molecular complexity index is 867. The molecule has 1 atom stereocenters. The molecule has 28 heavy (non-hydrogen) atoms. The van der Waals surface area contributed by atoms with Crippen molar-refractivity contribution in [2.24, 2.45) is 7.05 Å². The fourth-order valence-corrected chi connectivity index (χ4v) is 3.18. The molecule has 7 heteroatoms. The van der Waals surface area contributed by atoms with Gasteiger partial charge < -0.3 is 14.4 Å². The maximum Gasteiger partial charge on any atom is 0.331 e. The number of esters is 1. The molecule has 1 aliphatic heterocycles. The number of amides is 1. The summed E-state index contributed by atoms with van der Waals surface area (Å²) in [5, 5.41) is 4.33. The van der Waals surface area contributed by atoms with Gasteiger partial charge in [-0.3, -0.25) is 9.48 Å². The fraction of sp³-hybridized carbons (Fsp3) is 0.381. The van der Waals surface area contributed by atoms with E-state index in [2.05, 4.69) is 5.10 Å². The van der Waals surface area contributed by atoms with Crippen molar-refractivity contribution in [3.63, 3.8) is 0 Å². The standard InChI is InChI=1S/C21H25N3O4/c1-15-18(16(2)23(3)22-15)9-10-19(25)28-20(17-7-5-4-6-8-17)21(26)24-11-13-27-14-12-24/h4-10,20H,11-14H2,1-3H3/b10-9+/t20-/m1/s1. The highest BCUT2D eigenvalue weighted by atomic mass is 16.5. The van der Waals surface area contributed by atoms with Crippen LogP contribution in [0.25, 0.3) is 6.08 Å². The molecular formula is C21H25N3O4. The van der Waals surface area contributed by atoms with Crippen LogP contribution in [-0.4, -0.2) is 52.9 Å². The highest BCUT2D eigenvalue weighted by molar-refractivity contribution is 5.91. The molecule has 0 saturated carbocycles. The molecule has 2 heterocycles. The topological polar surface area (TPSA) is 73.7 Å². The number of aryl methyl sites for hydroxylation is 2. The van der Waals surface area contributed by atoms with Gasteiger partial charge in [-0.05, 0) is 19.9 Å². The number of carbonyl (C=O) groups excluding carboxylic acids is 2. The van der Waals surface area contributed by atoms with Gasteiger partial charge in [0.1, 0.15) is 0 Å². The highest BCUT2D eigenvalue weighted by Crippen LogP contribution is 2.22. The van der Waals surface area contributed by atoms with Crippen molar-refractivity contribution >= 4 is 18.0 Å². The Morgan fingerprint density at radius 2 is 1.86 bits per heavy atom. The zero-order chi connectivity index (χ0) is 20.1. The van der Waals surface area contributed by atoms with Gasteiger partial charge in [-0.2, -0.15) is 5.10 Å². The fourth-order valence-electron chi connectivity index (χ4n) is 3.18. The molecule has 1 aromatic carbocycles. The van der Waals surface area contributed by atoms with E-state index in [-0.39, 0.29) is 5.91 Å². The van der Waals surface area contributed by atoms with Crippen molar-refractivity contribution in [3.05, 3.63) is 58.9 Å². The van der Waals surface area contributed by atoms with Gasteiger partial charge in [0.25, 0.3) is 5.91 Å².